The van der Waals surface area contributed by atoms with Crippen molar-refractivity contribution < 1.29 is 4.74 Å². The number of aromatic nitrogens is 4. The Balaban J connectivity index is 1.59. The Kier molecular flexibility index (Phi) is 4.75. The zero-order valence-electron chi connectivity index (χ0n) is 15.9. The second kappa shape index (κ2) is 7.42. The fourth-order valence-corrected chi connectivity index (χ4v) is 5.54. The highest BCUT2D eigenvalue weighted by molar-refractivity contribution is 9.10. The van der Waals surface area contributed by atoms with Gasteiger partial charge in [0.1, 0.15) is 16.4 Å². The molecule has 5 rings (SSSR count). The number of rotatable bonds is 4. The number of nitrogens with one attached hydrogen (secondary N) is 1. The van der Waals surface area contributed by atoms with Gasteiger partial charge in [-0.3, -0.25) is 9.48 Å². The number of methoxy groups -OCH3 is 1. The maximum atomic E-state index is 12.9. The molecule has 0 atom stereocenters. The lowest BCUT2D eigenvalue weighted by Crippen LogP contribution is -2.11. The predicted octanol–water partition coefficient (Wildman–Crippen LogP) is 4.55. The monoisotopic (exact) mass is 470 g/mol. The van der Waals surface area contributed by atoms with Crippen molar-refractivity contribution in [2.24, 2.45) is 0 Å². The summed E-state index contributed by atoms with van der Waals surface area (Å²) >= 11 is 5.09. The normalized spacial score (nSPS) is 13.6. The number of aromatic amines is 1. The highest BCUT2D eigenvalue weighted by Gasteiger charge is 2.20. The van der Waals surface area contributed by atoms with Crippen molar-refractivity contribution in [2.45, 2.75) is 32.2 Å². The molecule has 0 bridgehead atoms. The Morgan fingerprint density at radius 2 is 2.17 bits per heavy atom. The third-order valence-electron chi connectivity index (χ3n) is 5.31. The van der Waals surface area contributed by atoms with Crippen LogP contribution in [0.3, 0.4) is 0 Å². The van der Waals surface area contributed by atoms with Crippen LogP contribution in [0, 0.1) is 0 Å². The largest absolute Gasteiger partial charge is 0.496 e. The van der Waals surface area contributed by atoms with Gasteiger partial charge in [0.2, 0.25) is 0 Å². The molecule has 0 aliphatic heterocycles. The van der Waals surface area contributed by atoms with Crippen molar-refractivity contribution in [1.82, 2.24) is 19.7 Å². The van der Waals surface area contributed by atoms with Gasteiger partial charge in [-0.1, -0.05) is 0 Å². The van der Waals surface area contributed by atoms with E-state index in [-0.39, 0.29) is 5.56 Å². The second-order valence-electron chi connectivity index (χ2n) is 7.19. The van der Waals surface area contributed by atoms with Crippen molar-refractivity contribution in [3.8, 4) is 17.1 Å². The van der Waals surface area contributed by atoms with Gasteiger partial charge in [0.25, 0.3) is 5.56 Å². The molecule has 0 saturated carbocycles. The Labute approximate surface area is 179 Å². The van der Waals surface area contributed by atoms with Crippen LogP contribution in [0.2, 0.25) is 0 Å². The van der Waals surface area contributed by atoms with Crippen LogP contribution in [-0.2, 0) is 19.4 Å². The highest BCUT2D eigenvalue weighted by Crippen LogP contribution is 2.34. The van der Waals surface area contributed by atoms with Crippen LogP contribution < -0.4 is 10.3 Å². The van der Waals surface area contributed by atoms with Gasteiger partial charge in [0, 0.05) is 22.2 Å². The quantitative estimate of drug-likeness (QED) is 0.474. The number of aryl methyl sites for hydroxylation is 2. The molecule has 0 unspecified atom stereocenters. The number of benzene rings is 1. The van der Waals surface area contributed by atoms with Crippen LogP contribution in [-0.4, -0.2) is 26.9 Å². The summed E-state index contributed by atoms with van der Waals surface area (Å²) < 4.78 is 8.27. The topological polar surface area (TPSA) is 72.8 Å². The SMILES string of the molecule is COc1ccc(-c2nc3sc4c(c3c(=O)[nH]2)CCCC4)cc1Cn1cc(Br)cn1. The molecule has 8 heteroatoms. The first kappa shape index (κ1) is 18.6. The molecular weight excluding hydrogens is 452 g/mol. The summed E-state index contributed by atoms with van der Waals surface area (Å²) in [5, 5.41) is 5.10. The van der Waals surface area contributed by atoms with Crippen molar-refractivity contribution >= 4 is 37.5 Å². The summed E-state index contributed by atoms with van der Waals surface area (Å²) in [6.45, 7) is 0.558. The maximum absolute atomic E-state index is 12.9. The van der Waals surface area contributed by atoms with Gasteiger partial charge in [0.05, 0.1) is 29.7 Å². The molecule has 0 radical (unpaired) electrons. The summed E-state index contributed by atoms with van der Waals surface area (Å²) in [5.41, 5.74) is 2.99. The number of hydrogen-bond acceptors (Lipinski definition) is 5. The molecule has 6 nitrogen and oxygen atoms in total. The number of thiophene rings is 1. The average molecular weight is 471 g/mol. The molecule has 3 heterocycles. The van der Waals surface area contributed by atoms with E-state index in [0.717, 1.165) is 50.8 Å². The molecule has 1 aliphatic carbocycles. The molecule has 29 heavy (non-hydrogen) atoms. The van der Waals surface area contributed by atoms with E-state index in [1.165, 1.54) is 16.9 Å². The van der Waals surface area contributed by atoms with Crippen LogP contribution in [0.15, 0.2) is 39.9 Å². The lowest BCUT2D eigenvalue weighted by Gasteiger charge is -2.11. The molecule has 0 amide bonds. The van der Waals surface area contributed by atoms with E-state index in [2.05, 4.69) is 26.0 Å². The molecule has 0 saturated heterocycles. The third-order valence-corrected chi connectivity index (χ3v) is 6.91. The van der Waals surface area contributed by atoms with Gasteiger partial charge in [-0.25, -0.2) is 4.98 Å². The molecule has 3 aromatic heterocycles. The number of hydrogen-bond donors (Lipinski definition) is 1. The molecule has 1 N–H and O–H groups in total. The first-order valence-corrected chi connectivity index (χ1v) is 11.1. The third kappa shape index (κ3) is 3.40. The van der Waals surface area contributed by atoms with E-state index < -0.39 is 0 Å². The Morgan fingerprint density at radius 3 is 2.97 bits per heavy atom. The van der Waals surface area contributed by atoms with Gasteiger partial charge >= 0.3 is 0 Å². The molecular formula is C21H19BrN4O2S. The summed E-state index contributed by atoms with van der Waals surface area (Å²) in [5.74, 6) is 1.36. The molecule has 4 aromatic rings. The molecule has 0 spiro atoms. The summed E-state index contributed by atoms with van der Waals surface area (Å²) in [4.78, 5) is 22.8. The van der Waals surface area contributed by atoms with E-state index in [0.29, 0.717) is 12.4 Å². The van der Waals surface area contributed by atoms with Gasteiger partial charge in [-0.05, 0) is 65.4 Å². The van der Waals surface area contributed by atoms with Gasteiger partial charge in [-0.2, -0.15) is 5.10 Å². The number of H-pyrrole nitrogens is 1. The highest BCUT2D eigenvalue weighted by atomic mass is 79.9. The number of fused-ring (bicyclic) bond motifs is 3. The Hall–Kier alpha value is -2.45. The van der Waals surface area contributed by atoms with E-state index in [4.69, 9.17) is 9.72 Å². The number of halogens is 1. The molecule has 148 valence electrons. The van der Waals surface area contributed by atoms with E-state index in [1.807, 2.05) is 29.1 Å². The number of ether oxygens (including phenoxy) is 1. The first-order chi connectivity index (χ1) is 14.1. The minimum Gasteiger partial charge on any atom is -0.496 e. The second-order valence-corrected chi connectivity index (χ2v) is 9.19. The average Bonchev–Trinajstić information content (AvgIpc) is 3.30. The predicted molar refractivity (Wildman–Crippen MR) is 118 cm³/mol. The van der Waals surface area contributed by atoms with Gasteiger partial charge in [-0.15, -0.1) is 11.3 Å². The van der Waals surface area contributed by atoms with Gasteiger partial charge in [0.15, 0.2) is 0 Å². The smallest absolute Gasteiger partial charge is 0.260 e. The number of nitrogens with zero attached hydrogens (tertiary/aromatic N) is 3. The molecule has 1 aliphatic rings. The molecule has 0 fully saturated rings. The first-order valence-electron chi connectivity index (χ1n) is 9.52. The van der Waals surface area contributed by atoms with E-state index in [1.54, 1.807) is 24.6 Å². The van der Waals surface area contributed by atoms with Crippen molar-refractivity contribution in [2.75, 3.05) is 7.11 Å². The van der Waals surface area contributed by atoms with Crippen molar-refractivity contribution in [3.63, 3.8) is 0 Å². The Morgan fingerprint density at radius 1 is 1.31 bits per heavy atom. The summed E-state index contributed by atoms with van der Waals surface area (Å²) in [7, 11) is 1.65. The fourth-order valence-electron chi connectivity index (χ4n) is 3.95. The minimum absolute atomic E-state index is 0.0437. The van der Waals surface area contributed by atoms with Crippen molar-refractivity contribution in [1.29, 1.82) is 0 Å². The zero-order chi connectivity index (χ0) is 20.0. The van der Waals surface area contributed by atoms with Crippen LogP contribution in [0.5, 0.6) is 5.75 Å². The van der Waals surface area contributed by atoms with Gasteiger partial charge < -0.3 is 9.72 Å². The van der Waals surface area contributed by atoms with Crippen LogP contribution in [0.25, 0.3) is 21.6 Å². The lowest BCUT2D eigenvalue weighted by atomic mass is 9.97. The molecule has 1 aromatic carbocycles. The summed E-state index contributed by atoms with van der Waals surface area (Å²) in [6.07, 6.45) is 8.03. The van der Waals surface area contributed by atoms with E-state index >= 15 is 0 Å². The fraction of sp³-hybridized carbons (Fsp3) is 0.286. The Bertz CT molecular complexity index is 1270. The maximum Gasteiger partial charge on any atom is 0.260 e. The van der Waals surface area contributed by atoms with Crippen LogP contribution in [0.1, 0.15) is 28.8 Å². The standard InChI is InChI=1S/C21H19BrN4O2S/c1-28-16-7-6-12(8-13(16)10-26-11-14(22)9-23-26)19-24-20(27)18-15-4-2-3-5-17(15)29-21(18)25-19/h6-9,11H,2-5,10H2,1H3,(H,24,25,27). The van der Waals surface area contributed by atoms with Crippen LogP contribution in [0.4, 0.5) is 0 Å². The van der Waals surface area contributed by atoms with Crippen molar-refractivity contribution in [3.05, 3.63) is 61.4 Å². The zero-order valence-corrected chi connectivity index (χ0v) is 18.3. The van der Waals surface area contributed by atoms with Crippen LogP contribution >= 0.6 is 27.3 Å². The lowest BCUT2D eigenvalue weighted by molar-refractivity contribution is 0.407. The van der Waals surface area contributed by atoms with E-state index in [9.17, 15) is 4.79 Å². The minimum atomic E-state index is -0.0437. The summed E-state index contributed by atoms with van der Waals surface area (Å²) in [6, 6.07) is 5.85.